The summed E-state index contributed by atoms with van der Waals surface area (Å²) < 4.78 is 5.07. The van der Waals surface area contributed by atoms with E-state index in [1.807, 2.05) is 0 Å². The minimum atomic E-state index is -1.21. The van der Waals surface area contributed by atoms with E-state index in [1.165, 1.54) is 16.7 Å². The minimum absolute atomic E-state index is 0.114. The number of rotatable bonds is 4. The van der Waals surface area contributed by atoms with Gasteiger partial charge in [0.05, 0.1) is 0 Å². The number of fused-ring (bicyclic) bond motifs is 1. The highest BCUT2D eigenvalue weighted by Crippen LogP contribution is 2.39. The number of hydrogen-bond acceptors (Lipinski definition) is 6. The van der Waals surface area contributed by atoms with Gasteiger partial charge in [-0.05, 0) is 13.8 Å². The van der Waals surface area contributed by atoms with E-state index >= 15 is 0 Å². The molecule has 2 rings (SSSR count). The number of carbonyl (C=O) groups excluding carboxylic acids is 2. The molecular weight excluding hydrogens is 296 g/mol. The summed E-state index contributed by atoms with van der Waals surface area (Å²) in [5.41, 5.74) is 6.37. The molecule has 1 saturated heterocycles. The Labute approximate surface area is 125 Å². The number of nitrogens with zero attached hydrogens (tertiary/aromatic N) is 1. The summed E-state index contributed by atoms with van der Waals surface area (Å²) in [6.07, 6.45) is 1.61. The molecule has 0 spiro atoms. The second kappa shape index (κ2) is 5.90. The standard InChI is InChI=1S/C13H16N2O5S/c1-3-6(2)13(19)20-4-7-5-21-11-8(14)10(16)15(11)9(7)12(17)18/h3,8,11H,4-5,14H2,1-2H3,(H,17,18)/b6-3-/t8?,11-/m0/s1. The highest BCUT2D eigenvalue weighted by atomic mass is 32.2. The lowest BCUT2D eigenvalue weighted by Crippen LogP contribution is -2.68. The number of esters is 1. The number of carboxylic acids is 1. The summed E-state index contributed by atoms with van der Waals surface area (Å²) in [5, 5.41) is 8.95. The molecule has 0 bridgehead atoms. The van der Waals surface area contributed by atoms with Crippen molar-refractivity contribution in [3.05, 3.63) is 22.9 Å². The van der Waals surface area contributed by atoms with Gasteiger partial charge in [-0.25, -0.2) is 9.59 Å². The second-order valence-electron chi connectivity index (χ2n) is 4.74. The Balaban J connectivity index is 2.18. The van der Waals surface area contributed by atoms with Gasteiger partial charge in [-0.2, -0.15) is 0 Å². The first-order chi connectivity index (χ1) is 9.88. The molecule has 0 aromatic rings. The first kappa shape index (κ1) is 15.6. The maximum absolute atomic E-state index is 11.7. The number of β-lactam (4-membered cyclic amide) rings is 1. The predicted molar refractivity (Wildman–Crippen MR) is 76.1 cm³/mol. The third-order valence-electron chi connectivity index (χ3n) is 3.42. The predicted octanol–water partition coefficient (Wildman–Crippen LogP) is 0.0769. The monoisotopic (exact) mass is 312 g/mol. The first-order valence-electron chi connectivity index (χ1n) is 6.34. The average molecular weight is 312 g/mol. The molecule has 3 N–H and O–H groups in total. The lowest BCUT2D eigenvalue weighted by molar-refractivity contribution is -0.148. The Hall–Kier alpha value is -1.80. The van der Waals surface area contributed by atoms with Gasteiger partial charge in [-0.15, -0.1) is 11.8 Å². The van der Waals surface area contributed by atoms with Crippen molar-refractivity contribution in [2.24, 2.45) is 5.73 Å². The molecule has 0 aliphatic carbocycles. The quantitative estimate of drug-likeness (QED) is 0.429. The molecule has 114 valence electrons. The van der Waals surface area contributed by atoms with Gasteiger partial charge in [-0.3, -0.25) is 9.69 Å². The molecule has 0 aromatic carbocycles. The van der Waals surface area contributed by atoms with Crippen LogP contribution in [0.15, 0.2) is 22.9 Å². The van der Waals surface area contributed by atoms with Crippen LogP contribution in [0.25, 0.3) is 0 Å². The number of ether oxygens (including phenoxy) is 1. The fourth-order valence-electron chi connectivity index (χ4n) is 2.08. The number of aliphatic carboxylic acids is 1. The number of amides is 1. The maximum atomic E-state index is 11.7. The third-order valence-corrected chi connectivity index (χ3v) is 4.78. The smallest absolute Gasteiger partial charge is 0.352 e. The van der Waals surface area contributed by atoms with Crippen LogP contribution in [-0.4, -0.2) is 51.6 Å². The lowest BCUT2D eigenvalue weighted by atomic mass is 10.0. The Morgan fingerprint density at radius 1 is 1.57 bits per heavy atom. The van der Waals surface area contributed by atoms with Crippen molar-refractivity contribution in [2.75, 3.05) is 12.4 Å². The van der Waals surface area contributed by atoms with Crippen LogP contribution in [0.2, 0.25) is 0 Å². The highest BCUT2D eigenvalue weighted by Gasteiger charge is 2.51. The van der Waals surface area contributed by atoms with Crippen LogP contribution < -0.4 is 5.73 Å². The van der Waals surface area contributed by atoms with E-state index in [0.717, 1.165) is 0 Å². The summed E-state index contributed by atoms with van der Waals surface area (Å²) in [7, 11) is 0. The zero-order valence-corrected chi connectivity index (χ0v) is 12.5. The fourth-order valence-corrected chi connectivity index (χ4v) is 3.35. The van der Waals surface area contributed by atoms with Crippen molar-refractivity contribution < 1.29 is 24.2 Å². The molecule has 0 aromatic heterocycles. The van der Waals surface area contributed by atoms with Gasteiger partial charge in [-0.1, -0.05) is 6.08 Å². The fraction of sp³-hybridized carbons (Fsp3) is 0.462. The van der Waals surface area contributed by atoms with Crippen LogP contribution in [0, 0.1) is 0 Å². The molecule has 21 heavy (non-hydrogen) atoms. The average Bonchev–Trinajstić information content (AvgIpc) is 2.49. The summed E-state index contributed by atoms with van der Waals surface area (Å²) in [6, 6.07) is -0.668. The normalized spacial score (nSPS) is 25.4. The molecule has 1 unspecified atom stereocenters. The van der Waals surface area contributed by atoms with Gasteiger partial charge in [0.2, 0.25) is 5.91 Å². The van der Waals surface area contributed by atoms with Crippen molar-refractivity contribution in [1.29, 1.82) is 0 Å². The molecule has 2 aliphatic rings. The summed E-state index contributed by atoms with van der Waals surface area (Å²) in [4.78, 5) is 35.9. The molecule has 1 amide bonds. The summed E-state index contributed by atoms with van der Waals surface area (Å²) in [5.74, 6) is -1.77. The maximum Gasteiger partial charge on any atom is 0.352 e. The van der Waals surface area contributed by atoms with E-state index in [2.05, 4.69) is 0 Å². The van der Waals surface area contributed by atoms with E-state index in [9.17, 15) is 19.5 Å². The Morgan fingerprint density at radius 2 is 2.24 bits per heavy atom. The van der Waals surface area contributed by atoms with E-state index < -0.39 is 23.9 Å². The zero-order chi connectivity index (χ0) is 15.7. The van der Waals surface area contributed by atoms with Gasteiger partial charge in [0.15, 0.2) is 0 Å². The number of thioether (sulfide) groups is 1. The molecule has 1 fully saturated rings. The molecular formula is C13H16N2O5S. The molecule has 8 heteroatoms. The van der Waals surface area contributed by atoms with Gasteiger partial charge >= 0.3 is 11.9 Å². The number of carboxylic acid groups (broad SMARTS) is 1. The van der Waals surface area contributed by atoms with E-state index in [4.69, 9.17) is 10.5 Å². The van der Waals surface area contributed by atoms with Crippen molar-refractivity contribution >= 4 is 29.6 Å². The summed E-state index contributed by atoms with van der Waals surface area (Å²) in [6.45, 7) is 3.17. The van der Waals surface area contributed by atoms with Crippen molar-refractivity contribution in [3.8, 4) is 0 Å². The van der Waals surface area contributed by atoms with Crippen LogP contribution in [0.3, 0.4) is 0 Å². The van der Waals surface area contributed by atoms with E-state index in [1.54, 1.807) is 19.9 Å². The van der Waals surface area contributed by atoms with Crippen molar-refractivity contribution in [1.82, 2.24) is 4.90 Å². The minimum Gasteiger partial charge on any atom is -0.477 e. The highest BCUT2D eigenvalue weighted by molar-refractivity contribution is 8.00. The van der Waals surface area contributed by atoms with Crippen LogP contribution in [-0.2, 0) is 19.1 Å². The Kier molecular flexibility index (Phi) is 4.38. The molecule has 2 atom stereocenters. The number of nitrogens with two attached hydrogens (primary N) is 1. The number of carbonyl (C=O) groups is 3. The third kappa shape index (κ3) is 2.68. The van der Waals surface area contributed by atoms with Gasteiger partial charge in [0, 0.05) is 16.9 Å². The molecule has 2 heterocycles. The molecule has 7 nitrogen and oxygen atoms in total. The van der Waals surface area contributed by atoms with E-state index in [-0.39, 0.29) is 17.7 Å². The first-order valence-corrected chi connectivity index (χ1v) is 7.39. The topological polar surface area (TPSA) is 110 Å². The number of allylic oxidation sites excluding steroid dienone is 1. The Bertz CT molecular complexity index is 569. The van der Waals surface area contributed by atoms with Gasteiger partial charge < -0.3 is 15.6 Å². The van der Waals surface area contributed by atoms with Crippen LogP contribution in [0.1, 0.15) is 13.8 Å². The van der Waals surface area contributed by atoms with Crippen LogP contribution in [0.5, 0.6) is 0 Å². The zero-order valence-electron chi connectivity index (χ0n) is 11.7. The second-order valence-corrected chi connectivity index (χ2v) is 5.85. The largest absolute Gasteiger partial charge is 0.477 e. The van der Waals surface area contributed by atoms with Gasteiger partial charge in [0.1, 0.15) is 23.7 Å². The SMILES string of the molecule is C/C=C(/C)C(=O)OCC1=C(C(=O)O)N2C(=O)C(N)[C@@H]2SC1. The number of hydrogen-bond donors (Lipinski definition) is 2. The summed E-state index contributed by atoms with van der Waals surface area (Å²) >= 11 is 1.37. The van der Waals surface area contributed by atoms with Crippen LogP contribution in [0.4, 0.5) is 0 Å². The Morgan fingerprint density at radius 3 is 2.81 bits per heavy atom. The molecule has 0 radical (unpaired) electrons. The van der Waals surface area contributed by atoms with Crippen LogP contribution >= 0.6 is 11.8 Å². The lowest BCUT2D eigenvalue weighted by Gasteiger charge is -2.47. The van der Waals surface area contributed by atoms with Crippen molar-refractivity contribution in [3.63, 3.8) is 0 Å². The van der Waals surface area contributed by atoms with Crippen molar-refractivity contribution in [2.45, 2.75) is 25.3 Å². The molecule has 0 saturated carbocycles. The van der Waals surface area contributed by atoms with Gasteiger partial charge in [0.25, 0.3) is 0 Å². The molecule has 2 aliphatic heterocycles. The van der Waals surface area contributed by atoms with E-state index in [0.29, 0.717) is 16.9 Å².